The smallest absolute Gasteiger partial charge is 0.335 e. The highest BCUT2D eigenvalue weighted by Gasteiger charge is 2.15. The van der Waals surface area contributed by atoms with Crippen LogP contribution in [0.25, 0.3) is 0 Å². The van der Waals surface area contributed by atoms with Gasteiger partial charge in [0.1, 0.15) is 0 Å². The van der Waals surface area contributed by atoms with E-state index in [1.54, 1.807) is 12.1 Å². The van der Waals surface area contributed by atoms with Crippen molar-refractivity contribution in [2.24, 2.45) is 5.92 Å². The summed E-state index contributed by atoms with van der Waals surface area (Å²) in [6.45, 7) is 7.24. The van der Waals surface area contributed by atoms with E-state index in [0.717, 1.165) is 12.1 Å². The predicted octanol–water partition coefficient (Wildman–Crippen LogP) is 3.51. The topological polar surface area (TPSA) is 40.5 Å². The second kappa shape index (κ2) is 6.21. The van der Waals surface area contributed by atoms with Gasteiger partial charge >= 0.3 is 5.97 Å². The van der Waals surface area contributed by atoms with E-state index < -0.39 is 5.97 Å². The van der Waals surface area contributed by atoms with Gasteiger partial charge in [0.05, 0.1) is 5.56 Å². The third kappa shape index (κ3) is 3.72. The zero-order valence-electron chi connectivity index (χ0n) is 11.3. The Bertz CT molecular complexity index is 432. The molecule has 1 aromatic rings. The van der Waals surface area contributed by atoms with Gasteiger partial charge in [0.15, 0.2) is 0 Å². The summed E-state index contributed by atoms with van der Waals surface area (Å²) >= 11 is 6.11. The SMILES string of the molecule is CC(C)C(C)N(C)Cc1ccc(C(=O)O)cc1Cl. The number of hydrogen-bond donors (Lipinski definition) is 1. The van der Waals surface area contributed by atoms with Crippen LogP contribution in [0.2, 0.25) is 5.02 Å². The zero-order chi connectivity index (χ0) is 13.9. The van der Waals surface area contributed by atoms with Crippen LogP contribution in [0, 0.1) is 5.92 Å². The first kappa shape index (κ1) is 15.0. The monoisotopic (exact) mass is 269 g/mol. The summed E-state index contributed by atoms with van der Waals surface area (Å²) in [5.41, 5.74) is 1.18. The molecule has 1 N–H and O–H groups in total. The standard InChI is InChI=1S/C14H20ClNO2/c1-9(2)10(3)16(4)8-12-6-5-11(14(17)18)7-13(12)15/h5-7,9-10H,8H2,1-4H3,(H,17,18). The zero-order valence-corrected chi connectivity index (χ0v) is 12.0. The molecule has 3 nitrogen and oxygen atoms in total. The number of benzene rings is 1. The first-order valence-electron chi connectivity index (χ1n) is 6.05. The molecule has 0 heterocycles. The molecule has 4 heteroatoms. The summed E-state index contributed by atoms with van der Waals surface area (Å²) in [6, 6.07) is 5.33. The molecule has 18 heavy (non-hydrogen) atoms. The van der Waals surface area contributed by atoms with Crippen LogP contribution in [-0.4, -0.2) is 29.1 Å². The fraction of sp³-hybridized carbons (Fsp3) is 0.500. The number of hydrogen-bond acceptors (Lipinski definition) is 2. The molecule has 1 unspecified atom stereocenters. The van der Waals surface area contributed by atoms with Gasteiger partial charge in [-0.15, -0.1) is 0 Å². The quantitative estimate of drug-likeness (QED) is 0.889. The van der Waals surface area contributed by atoms with Crippen LogP contribution in [0.3, 0.4) is 0 Å². The summed E-state index contributed by atoms with van der Waals surface area (Å²) in [5.74, 6) is -0.389. The fourth-order valence-electron chi connectivity index (χ4n) is 1.73. The van der Waals surface area contributed by atoms with Gasteiger partial charge < -0.3 is 5.11 Å². The molecule has 0 bridgehead atoms. The van der Waals surface area contributed by atoms with Crippen molar-refractivity contribution < 1.29 is 9.90 Å². The van der Waals surface area contributed by atoms with Crippen LogP contribution in [-0.2, 0) is 6.54 Å². The van der Waals surface area contributed by atoms with E-state index >= 15 is 0 Å². The molecule has 0 radical (unpaired) electrons. The van der Waals surface area contributed by atoms with Crippen LogP contribution >= 0.6 is 11.6 Å². The van der Waals surface area contributed by atoms with Gasteiger partial charge in [-0.3, -0.25) is 4.90 Å². The lowest BCUT2D eigenvalue weighted by atomic mass is 10.0. The first-order valence-corrected chi connectivity index (χ1v) is 6.42. The average molecular weight is 270 g/mol. The number of halogens is 1. The minimum Gasteiger partial charge on any atom is -0.478 e. The molecular formula is C14H20ClNO2. The Balaban J connectivity index is 2.83. The van der Waals surface area contributed by atoms with Gasteiger partial charge in [0, 0.05) is 17.6 Å². The predicted molar refractivity (Wildman–Crippen MR) is 74.2 cm³/mol. The van der Waals surface area contributed by atoms with Gasteiger partial charge in [-0.1, -0.05) is 31.5 Å². The van der Waals surface area contributed by atoms with E-state index in [1.165, 1.54) is 6.07 Å². The molecule has 1 rings (SSSR count). The van der Waals surface area contributed by atoms with Gasteiger partial charge in [-0.2, -0.15) is 0 Å². The Morgan fingerprint density at radius 1 is 1.39 bits per heavy atom. The van der Waals surface area contributed by atoms with Crippen molar-refractivity contribution in [1.29, 1.82) is 0 Å². The lowest BCUT2D eigenvalue weighted by Gasteiger charge is -2.28. The van der Waals surface area contributed by atoms with Crippen LogP contribution in [0.15, 0.2) is 18.2 Å². The second-order valence-electron chi connectivity index (χ2n) is 5.01. The Kier molecular flexibility index (Phi) is 5.17. The Morgan fingerprint density at radius 3 is 2.44 bits per heavy atom. The van der Waals surface area contributed by atoms with E-state index in [0.29, 0.717) is 17.0 Å². The van der Waals surface area contributed by atoms with E-state index in [9.17, 15) is 4.79 Å². The molecule has 0 spiro atoms. The normalized spacial score (nSPS) is 13.1. The van der Waals surface area contributed by atoms with Crippen LogP contribution in [0.4, 0.5) is 0 Å². The van der Waals surface area contributed by atoms with Crippen molar-refractivity contribution in [3.05, 3.63) is 34.3 Å². The average Bonchev–Trinajstić information content (AvgIpc) is 2.30. The highest BCUT2D eigenvalue weighted by atomic mass is 35.5. The minimum absolute atomic E-state index is 0.225. The molecule has 1 atom stereocenters. The van der Waals surface area contributed by atoms with Crippen molar-refractivity contribution in [2.75, 3.05) is 7.05 Å². The summed E-state index contributed by atoms with van der Waals surface area (Å²) in [7, 11) is 2.05. The molecular weight excluding hydrogens is 250 g/mol. The lowest BCUT2D eigenvalue weighted by Crippen LogP contribution is -2.32. The second-order valence-corrected chi connectivity index (χ2v) is 5.42. The number of carboxylic acids is 1. The fourth-order valence-corrected chi connectivity index (χ4v) is 1.97. The third-order valence-corrected chi connectivity index (χ3v) is 3.73. The third-order valence-electron chi connectivity index (χ3n) is 3.38. The maximum atomic E-state index is 10.8. The summed E-state index contributed by atoms with van der Waals surface area (Å²) in [4.78, 5) is 13.0. The largest absolute Gasteiger partial charge is 0.478 e. The molecule has 0 fully saturated rings. The first-order chi connectivity index (χ1) is 8.32. The molecule has 0 saturated carbocycles. The van der Waals surface area contributed by atoms with Gasteiger partial charge in [0.2, 0.25) is 0 Å². The molecule has 0 saturated heterocycles. The van der Waals surface area contributed by atoms with Crippen molar-refractivity contribution in [3.63, 3.8) is 0 Å². The van der Waals surface area contributed by atoms with E-state index in [2.05, 4.69) is 25.7 Å². The summed E-state index contributed by atoms with van der Waals surface area (Å²) in [5, 5.41) is 9.39. The van der Waals surface area contributed by atoms with Crippen molar-refractivity contribution >= 4 is 17.6 Å². The maximum absolute atomic E-state index is 10.8. The summed E-state index contributed by atoms with van der Waals surface area (Å²) in [6.07, 6.45) is 0. The van der Waals surface area contributed by atoms with Crippen LogP contribution in [0.1, 0.15) is 36.7 Å². The van der Waals surface area contributed by atoms with Gasteiger partial charge in [-0.25, -0.2) is 4.79 Å². The molecule has 0 amide bonds. The Hall–Kier alpha value is -1.06. The number of aromatic carboxylic acids is 1. The molecule has 0 aliphatic rings. The number of carboxylic acid groups (broad SMARTS) is 1. The molecule has 0 aliphatic carbocycles. The van der Waals surface area contributed by atoms with Crippen molar-refractivity contribution in [2.45, 2.75) is 33.4 Å². The van der Waals surface area contributed by atoms with E-state index in [4.69, 9.17) is 16.7 Å². The lowest BCUT2D eigenvalue weighted by molar-refractivity contribution is 0.0697. The van der Waals surface area contributed by atoms with Crippen molar-refractivity contribution in [1.82, 2.24) is 4.90 Å². The number of carbonyl (C=O) groups is 1. The van der Waals surface area contributed by atoms with Crippen LogP contribution in [0.5, 0.6) is 0 Å². The molecule has 1 aromatic carbocycles. The van der Waals surface area contributed by atoms with Gasteiger partial charge in [0.25, 0.3) is 0 Å². The number of nitrogens with zero attached hydrogens (tertiary/aromatic N) is 1. The maximum Gasteiger partial charge on any atom is 0.335 e. The minimum atomic E-state index is -0.952. The molecule has 100 valence electrons. The Morgan fingerprint density at radius 2 is 2.00 bits per heavy atom. The molecule has 0 aliphatic heterocycles. The van der Waals surface area contributed by atoms with Gasteiger partial charge in [-0.05, 0) is 37.6 Å². The summed E-state index contributed by atoms with van der Waals surface area (Å²) < 4.78 is 0. The molecule has 0 aromatic heterocycles. The Labute approximate surface area is 113 Å². The number of rotatable bonds is 5. The highest BCUT2D eigenvalue weighted by molar-refractivity contribution is 6.31. The van der Waals surface area contributed by atoms with E-state index in [1.807, 2.05) is 7.05 Å². The van der Waals surface area contributed by atoms with Crippen LogP contribution < -0.4 is 0 Å². The van der Waals surface area contributed by atoms with E-state index in [-0.39, 0.29) is 5.56 Å². The van der Waals surface area contributed by atoms with Crippen molar-refractivity contribution in [3.8, 4) is 0 Å². The highest BCUT2D eigenvalue weighted by Crippen LogP contribution is 2.21.